The maximum absolute atomic E-state index is 6.22. The Labute approximate surface area is 217 Å². The third kappa shape index (κ3) is 5.24. The smallest absolute Gasteiger partial charge is 0.164 e. The zero-order valence-corrected chi connectivity index (χ0v) is 21.5. The number of aromatic nitrogens is 2. The Morgan fingerprint density at radius 2 is 1.61 bits per heavy atom. The highest BCUT2D eigenvalue weighted by molar-refractivity contribution is 6.30. The molecular formula is C29H30ClN5O. The summed E-state index contributed by atoms with van der Waals surface area (Å²) >= 11 is 6.22. The number of benzene rings is 3. The number of para-hydroxylation sites is 1. The molecule has 5 rings (SSSR count). The molecule has 1 aromatic heterocycles. The van der Waals surface area contributed by atoms with E-state index >= 15 is 0 Å². The van der Waals surface area contributed by atoms with E-state index in [-0.39, 0.29) is 0 Å². The summed E-state index contributed by atoms with van der Waals surface area (Å²) in [7, 11) is 1.66. The first-order chi connectivity index (χ1) is 17.5. The lowest BCUT2D eigenvalue weighted by Crippen LogP contribution is -2.57. The summed E-state index contributed by atoms with van der Waals surface area (Å²) < 4.78 is 5.44. The van der Waals surface area contributed by atoms with Crippen LogP contribution in [-0.2, 0) is 0 Å². The van der Waals surface area contributed by atoms with Crippen LogP contribution in [0.3, 0.4) is 0 Å². The average molecular weight is 500 g/mol. The van der Waals surface area contributed by atoms with Gasteiger partial charge in [-0.05, 0) is 56.3 Å². The minimum Gasteiger partial charge on any atom is -0.497 e. The zero-order chi connectivity index (χ0) is 25.1. The van der Waals surface area contributed by atoms with Gasteiger partial charge in [-0.2, -0.15) is 0 Å². The second kappa shape index (κ2) is 10.5. The molecule has 6 nitrogen and oxygen atoms in total. The fourth-order valence-electron chi connectivity index (χ4n) is 4.88. The summed E-state index contributed by atoms with van der Waals surface area (Å²) in [6.45, 7) is 6.24. The molecule has 3 aromatic carbocycles. The molecule has 2 atom stereocenters. The van der Waals surface area contributed by atoms with Crippen molar-refractivity contribution in [3.63, 3.8) is 0 Å². The van der Waals surface area contributed by atoms with E-state index in [1.807, 2.05) is 54.6 Å². The van der Waals surface area contributed by atoms with Crippen LogP contribution in [-0.4, -0.2) is 42.3 Å². The normalized spacial score (nSPS) is 17.7. The molecule has 0 aliphatic carbocycles. The van der Waals surface area contributed by atoms with Gasteiger partial charge < -0.3 is 19.9 Å². The van der Waals surface area contributed by atoms with Gasteiger partial charge >= 0.3 is 0 Å². The topological polar surface area (TPSA) is 53.5 Å². The lowest BCUT2D eigenvalue weighted by Gasteiger charge is -2.46. The molecule has 1 aliphatic heterocycles. The Bertz CT molecular complexity index is 1320. The van der Waals surface area contributed by atoms with E-state index in [1.54, 1.807) is 7.11 Å². The number of ether oxygens (including phenoxy) is 1. The van der Waals surface area contributed by atoms with Gasteiger partial charge in [-0.25, -0.2) is 9.97 Å². The highest BCUT2D eigenvalue weighted by Gasteiger charge is 2.30. The molecule has 7 heteroatoms. The molecule has 0 bridgehead atoms. The molecule has 0 amide bonds. The first kappa shape index (κ1) is 23.9. The molecule has 1 N–H and O–H groups in total. The second-order valence-electron chi connectivity index (χ2n) is 9.15. The van der Waals surface area contributed by atoms with E-state index in [9.17, 15) is 0 Å². The quantitative estimate of drug-likeness (QED) is 0.320. The molecule has 0 saturated carbocycles. The van der Waals surface area contributed by atoms with Crippen molar-refractivity contribution in [3.05, 3.63) is 90.0 Å². The highest BCUT2D eigenvalue weighted by atomic mass is 35.5. The molecule has 36 heavy (non-hydrogen) atoms. The van der Waals surface area contributed by atoms with E-state index in [0.717, 1.165) is 35.9 Å². The van der Waals surface area contributed by atoms with Crippen molar-refractivity contribution in [1.29, 1.82) is 0 Å². The average Bonchev–Trinajstić information content (AvgIpc) is 2.89. The summed E-state index contributed by atoms with van der Waals surface area (Å²) in [4.78, 5) is 14.7. The van der Waals surface area contributed by atoms with Crippen molar-refractivity contribution in [1.82, 2.24) is 9.97 Å². The SMILES string of the molecule is COc1cccc(-c2nc(Nc3cccc(Cl)c3)cc(N3CC(C)N(c4ccccc4)C(C)C3)n2)c1. The standard InChI is InChI=1S/C29H30ClN5O/c1-20-18-34(19-21(2)35(20)25-12-5-4-6-13-25)28-17-27(31-24-11-8-10-23(30)16-24)32-29(33-28)22-9-7-14-26(15-22)36-3/h4-17,20-21H,18-19H2,1-3H3,(H,31,32,33). The van der Waals surface area contributed by atoms with Crippen LogP contribution >= 0.6 is 11.6 Å². The van der Waals surface area contributed by atoms with Crippen molar-refractivity contribution < 1.29 is 4.74 Å². The van der Waals surface area contributed by atoms with E-state index in [2.05, 4.69) is 59.3 Å². The summed E-state index contributed by atoms with van der Waals surface area (Å²) in [5.74, 6) is 3.01. The minimum atomic E-state index is 0.315. The summed E-state index contributed by atoms with van der Waals surface area (Å²) in [5, 5.41) is 4.08. The third-order valence-corrected chi connectivity index (χ3v) is 6.67. The predicted octanol–water partition coefficient (Wildman–Crippen LogP) is 6.65. The van der Waals surface area contributed by atoms with Crippen LogP contribution in [0.15, 0.2) is 84.9 Å². The number of anilines is 4. The molecule has 1 saturated heterocycles. The van der Waals surface area contributed by atoms with E-state index < -0.39 is 0 Å². The van der Waals surface area contributed by atoms with E-state index in [4.69, 9.17) is 26.3 Å². The fraction of sp³-hybridized carbons (Fsp3) is 0.241. The number of hydrogen-bond acceptors (Lipinski definition) is 6. The fourth-order valence-corrected chi connectivity index (χ4v) is 5.08. The molecule has 0 spiro atoms. The number of hydrogen-bond donors (Lipinski definition) is 1. The molecule has 1 aliphatic rings. The van der Waals surface area contributed by atoms with Gasteiger partial charge in [-0.3, -0.25) is 0 Å². The Kier molecular flexibility index (Phi) is 6.96. The van der Waals surface area contributed by atoms with Gasteiger partial charge in [-0.15, -0.1) is 0 Å². The lowest BCUT2D eigenvalue weighted by atomic mass is 10.1. The second-order valence-corrected chi connectivity index (χ2v) is 9.58. The van der Waals surface area contributed by atoms with Crippen LogP contribution in [0, 0.1) is 0 Å². The van der Waals surface area contributed by atoms with Gasteiger partial charge in [0.15, 0.2) is 5.82 Å². The van der Waals surface area contributed by atoms with Crippen LogP contribution in [0.5, 0.6) is 5.75 Å². The summed E-state index contributed by atoms with van der Waals surface area (Å²) in [6, 6.07) is 28.7. The maximum Gasteiger partial charge on any atom is 0.164 e. The number of nitrogens with zero attached hydrogens (tertiary/aromatic N) is 4. The summed E-state index contributed by atoms with van der Waals surface area (Å²) in [6.07, 6.45) is 0. The van der Waals surface area contributed by atoms with Gasteiger partial charge in [0.25, 0.3) is 0 Å². The van der Waals surface area contributed by atoms with Gasteiger partial charge in [0.1, 0.15) is 17.4 Å². The van der Waals surface area contributed by atoms with E-state index in [0.29, 0.717) is 28.7 Å². The Balaban J connectivity index is 1.50. The minimum absolute atomic E-state index is 0.315. The van der Waals surface area contributed by atoms with Gasteiger partial charge in [0, 0.05) is 53.2 Å². The van der Waals surface area contributed by atoms with Crippen LogP contribution in [0.2, 0.25) is 5.02 Å². The Morgan fingerprint density at radius 3 is 2.33 bits per heavy atom. The van der Waals surface area contributed by atoms with Crippen molar-refractivity contribution >= 4 is 34.6 Å². The maximum atomic E-state index is 6.22. The molecular weight excluding hydrogens is 470 g/mol. The van der Waals surface area contributed by atoms with Crippen molar-refractivity contribution in [3.8, 4) is 17.1 Å². The van der Waals surface area contributed by atoms with Gasteiger partial charge in [0.2, 0.25) is 0 Å². The number of methoxy groups -OCH3 is 1. The first-order valence-corrected chi connectivity index (χ1v) is 12.5. The monoisotopic (exact) mass is 499 g/mol. The molecule has 2 heterocycles. The number of rotatable bonds is 6. The molecule has 2 unspecified atom stereocenters. The third-order valence-electron chi connectivity index (χ3n) is 6.43. The Morgan fingerprint density at radius 1 is 0.861 bits per heavy atom. The molecule has 184 valence electrons. The first-order valence-electron chi connectivity index (χ1n) is 12.1. The van der Waals surface area contributed by atoms with Crippen LogP contribution in [0.1, 0.15) is 13.8 Å². The van der Waals surface area contributed by atoms with Crippen LogP contribution in [0.4, 0.5) is 23.0 Å². The highest BCUT2D eigenvalue weighted by Crippen LogP contribution is 2.31. The summed E-state index contributed by atoms with van der Waals surface area (Å²) in [5.41, 5.74) is 3.02. The van der Waals surface area contributed by atoms with Crippen LogP contribution < -0.4 is 19.9 Å². The number of piperazine rings is 1. The largest absolute Gasteiger partial charge is 0.497 e. The predicted molar refractivity (Wildman–Crippen MR) is 149 cm³/mol. The van der Waals surface area contributed by atoms with Gasteiger partial charge in [-0.1, -0.05) is 48.0 Å². The number of nitrogens with one attached hydrogen (secondary N) is 1. The molecule has 4 aromatic rings. The van der Waals surface area contributed by atoms with Gasteiger partial charge in [0.05, 0.1) is 7.11 Å². The van der Waals surface area contributed by atoms with Crippen LogP contribution in [0.25, 0.3) is 11.4 Å². The van der Waals surface area contributed by atoms with Crippen molar-refractivity contribution in [2.24, 2.45) is 0 Å². The Hall–Kier alpha value is -3.77. The van der Waals surface area contributed by atoms with E-state index in [1.165, 1.54) is 5.69 Å². The zero-order valence-electron chi connectivity index (χ0n) is 20.7. The lowest BCUT2D eigenvalue weighted by molar-refractivity contribution is 0.415. The van der Waals surface area contributed by atoms with Crippen molar-refractivity contribution in [2.45, 2.75) is 25.9 Å². The number of halogens is 1. The molecule has 1 fully saturated rings. The molecule has 0 radical (unpaired) electrons. The van der Waals surface area contributed by atoms with Crippen molar-refractivity contribution in [2.75, 3.05) is 35.3 Å².